The van der Waals surface area contributed by atoms with Gasteiger partial charge in [0.2, 0.25) is 0 Å². The quantitative estimate of drug-likeness (QED) is 0.499. The normalized spacial score (nSPS) is 12.3. The number of methoxy groups -OCH3 is 1. The second-order valence-corrected chi connectivity index (χ2v) is 7.06. The highest BCUT2D eigenvalue weighted by molar-refractivity contribution is 5.98. The predicted octanol–water partition coefficient (Wildman–Crippen LogP) is 5.14. The van der Waals surface area contributed by atoms with Crippen LogP contribution >= 0.6 is 0 Å². The summed E-state index contributed by atoms with van der Waals surface area (Å²) in [6, 6.07) is 10.0. The van der Waals surface area contributed by atoms with Gasteiger partial charge in [-0.3, -0.25) is 0 Å². The van der Waals surface area contributed by atoms with Gasteiger partial charge in [0.05, 0.1) is 23.9 Å². The Morgan fingerprint density at radius 2 is 1.77 bits per heavy atom. The highest BCUT2D eigenvalue weighted by atomic mass is 19.4. The molecule has 0 unspecified atom stereocenters. The first-order valence-electron chi connectivity index (χ1n) is 9.01. The molecule has 30 heavy (non-hydrogen) atoms. The Kier molecular flexibility index (Phi) is 6.96. The Balaban J connectivity index is 2.20. The molecular weight excluding hydrogens is 399 g/mol. The molecule has 2 N–H and O–H groups in total. The Bertz CT molecular complexity index is 941. The van der Waals surface area contributed by atoms with E-state index in [1.165, 1.54) is 13.2 Å². The molecule has 0 saturated carbocycles. The molecule has 0 aliphatic rings. The molecule has 0 fully saturated rings. The van der Waals surface area contributed by atoms with Crippen LogP contribution in [0.15, 0.2) is 47.6 Å². The molecule has 0 aromatic heterocycles. The van der Waals surface area contributed by atoms with Gasteiger partial charge < -0.3 is 20.2 Å². The zero-order valence-corrected chi connectivity index (χ0v) is 17.3. The van der Waals surface area contributed by atoms with Crippen molar-refractivity contribution in [3.05, 3.63) is 59.2 Å². The molecule has 0 aliphatic carbocycles. The molecule has 0 saturated heterocycles. The fraction of sp³-hybridized carbons (Fsp3) is 0.333. The average molecular weight is 423 g/mol. The van der Waals surface area contributed by atoms with Crippen molar-refractivity contribution in [3.63, 3.8) is 0 Å². The van der Waals surface area contributed by atoms with Crippen LogP contribution in [0.4, 0.5) is 23.7 Å². The molecule has 162 valence electrons. The Labute approximate surface area is 173 Å². The lowest BCUT2D eigenvalue weighted by molar-refractivity contribution is -0.138. The molecule has 0 heterocycles. The van der Waals surface area contributed by atoms with Crippen molar-refractivity contribution in [1.82, 2.24) is 5.32 Å². The molecule has 0 spiro atoms. The van der Waals surface area contributed by atoms with Gasteiger partial charge in [0.25, 0.3) is 0 Å². The average Bonchev–Trinajstić information content (AvgIpc) is 2.67. The molecule has 2 aromatic rings. The highest BCUT2D eigenvalue weighted by Crippen LogP contribution is 2.37. The second kappa shape index (κ2) is 9.06. The van der Waals surface area contributed by atoms with Crippen molar-refractivity contribution in [2.45, 2.75) is 32.5 Å². The van der Waals surface area contributed by atoms with Crippen LogP contribution in [0.25, 0.3) is 0 Å². The number of nitrogens with zero attached hydrogens (tertiary/aromatic N) is 1. The van der Waals surface area contributed by atoms with E-state index in [1.807, 2.05) is 24.3 Å². The van der Waals surface area contributed by atoms with Crippen molar-refractivity contribution in [2.75, 3.05) is 19.5 Å². The molecule has 2 amide bonds. The number of oxime groups is 1. The molecule has 2 rings (SSSR count). The zero-order chi connectivity index (χ0) is 22.5. The van der Waals surface area contributed by atoms with E-state index in [9.17, 15) is 18.0 Å². The van der Waals surface area contributed by atoms with Gasteiger partial charge >= 0.3 is 12.2 Å². The number of amides is 2. The van der Waals surface area contributed by atoms with Crippen LogP contribution in [-0.4, -0.2) is 26.0 Å². The summed E-state index contributed by atoms with van der Waals surface area (Å²) >= 11 is 0. The number of anilines is 1. The number of hydrogen-bond donors (Lipinski definition) is 2. The predicted molar refractivity (Wildman–Crippen MR) is 109 cm³/mol. The standard InChI is InChI=1S/C21H24F3N3O3/c1-13(27-30-5)14-7-6-8-15(11-14)20(2,3)26-19(28)25-16-9-10-18(29-4)17(12-16)21(22,23)24/h6-12H,1-5H3,(H2,25,26,28). The summed E-state index contributed by atoms with van der Waals surface area (Å²) in [5, 5.41) is 9.10. The maximum atomic E-state index is 13.2. The van der Waals surface area contributed by atoms with Crippen molar-refractivity contribution >= 4 is 17.4 Å². The summed E-state index contributed by atoms with van der Waals surface area (Å²) in [7, 11) is 2.60. The summed E-state index contributed by atoms with van der Waals surface area (Å²) < 4.78 is 44.3. The molecule has 6 nitrogen and oxygen atoms in total. The molecule has 0 radical (unpaired) electrons. The summed E-state index contributed by atoms with van der Waals surface area (Å²) in [4.78, 5) is 17.2. The molecule has 2 aromatic carbocycles. The number of halogens is 3. The van der Waals surface area contributed by atoms with Crippen molar-refractivity contribution in [1.29, 1.82) is 0 Å². The van der Waals surface area contributed by atoms with Crippen LogP contribution in [0.3, 0.4) is 0 Å². The lowest BCUT2D eigenvalue weighted by Crippen LogP contribution is -2.43. The van der Waals surface area contributed by atoms with E-state index in [2.05, 4.69) is 15.8 Å². The van der Waals surface area contributed by atoms with Crippen LogP contribution in [0.5, 0.6) is 5.75 Å². The van der Waals surface area contributed by atoms with E-state index in [0.717, 1.165) is 30.4 Å². The highest BCUT2D eigenvalue weighted by Gasteiger charge is 2.34. The summed E-state index contributed by atoms with van der Waals surface area (Å²) in [6.07, 6.45) is -4.61. The number of alkyl halides is 3. The van der Waals surface area contributed by atoms with E-state index < -0.39 is 23.3 Å². The fourth-order valence-corrected chi connectivity index (χ4v) is 2.85. The minimum Gasteiger partial charge on any atom is -0.496 e. The fourth-order valence-electron chi connectivity index (χ4n) is 2.85. The van der Waals surface area contributed by atoms with Crippen LogP contribution in [0.2, 0.25) is 0 Å². The smallest absolute Gasteiger partial charge is 0.420 e. The second-order valence-electron chi connectivity index (χ2n) is 7.06. The number of ether oxygens (including phenoxy) is 1. The number of benzene rings is 2. The SMILES string of the molecule is CON=C(C)c1cccc(C(C)(C)NC(=O)Nc2ccc(OC)c(C(F)(F)F)c2)c1. The number of nitrogens with one attached hydrogen (secondary N) is 2. The first kappa shape index (κ1) is 23.1. The molecule has 0 bridgehead atoms. The first-order valence-corrected chi connectivity index (χ1v) is 9.01. The summed E-state index contributed by atoms with van der Waals surface area (Å²) in [5.74, 6) is -0.321. The lowest BCUT2D eigenvalue weighted by atomic mass is 9.92. The van der Waals surface area contributed by atoms with E-state index >= 15 is 0 Å². The van der Waals surface area contributed by atoms with Crippen molar-refractivity contribution in [3.8, 4) is 5.75 Å². The van der Waals surface area contributed by atoms with Crippen LogP contribution < -0.4 is 15.4 Å². The number of rotatable bonds is 6. The van der Waals surface area contributed by atoms with Crippen LogP contribution in [0.1, 0.15) is 37.5 Å². The number of carbonyl (C=O) groups excluding carboxylic acids is 1. The van der Waals surface area contributed by atoms with Gasteiger partial charge in [-0.15, -0.1) is 0 Å². The molecule has 9 heteroatoms. The van der Waals surface area contributed by atoms with Crippen molar-refractivity contribution < 1.29 is 27.5 Å². The minimum atomic E-state index is -4.61. The van der Waals surface area contributed by atoms with Gasteiger partial charge in [-0.25, -0.2) is 4.79 Å². The van der Waals surface area contributed by atoms with Gasteiger partial charge in [0, 0.05) is 5.69 Å². The third-order valence-electron chi connectivity index (χ3n) is 4.42. The summed E-state index contributed by atoms with van der Waals surface area (Å²) in [6.45, 7) is 5.35. The maximum Gasteiger partial charge on any atom is 0.420 e. The Hall–Kier alpha value is -3.23. The topological polar surface area (TPSA) is 72.0 Å². The Morgan fingerprint density at radius 3 is 2.37 bits per heavy atom. The van der Waals surface area contributed by atoms with Gasteiger partial charge in [-0.05, 0) is 56.2 Å². The molecule has 0 aliphatic heterocycles. The first-order chi connectivity index (χ1) is 14.0. The van der Waals surface area contributed by atoms with Gasteiger partial charge in [-0.2, -0.15) is 13.2 Å². The minimum absolute atomic E-state index is 0.00625. The van der Waals surface area contributed by atoms with Crippen LogP contribution in [0, 0.1) is 0 Å². The van der Waals surface area contributed by atoms with Crippen LogP contribution in [-0.2, 0) is 16.6 Å². The number of carbonyl (C=O) groups is 1. The van der Waals surface area contributed by atoms with Gasteiger partial charge in [0.15, 0.2) is 0 Å². The number of hydrogen-bond acceptors (Lipinski definition) is 4. The number of urea groups is 1. The Morgan fingerprint density at radius 1 is 1.07 bits per heavy atom. The molecule has 0 atom stereocenters. The lowest BCUT2D eigenvalue weighted by Gasteiger charge is -2.27. The summed E-state index contributed by atoms with van der Waals surface area (Å²) in [5.41, 5.74) is 0.474. The van der Waals surface area contributed by atoms with Gasteiger partial charge in [0.1, 0.15) is 12.9 Å². The van der Waals surface area contributed by atoms with E-state index in [0.29, 0.717) is 5.71 Å². The monoisotopic (exact) mass is 423 g/mol. The zero-order valence-electron chi connectivity index (χ0n) is 17.3. The maximum absolute atomic E-state index is 13.2. The van der Waals surface area contributed by atoms with E-state index in [-0.39, 0.29) is 11.4 Å². The van der Waals surface area contributed by atoms with E-state index in [1.54, 1.807) is 20.8 Å². The van der Waals surface area contributed by atoms with E-state index in [4.69, 9.17) is 9.57 Å². The van der Waals surface area contributed by atoms with Gasteiger partial charge in [-0.1, -0.05) is 23.4 Å². The molecular formula is C21H24F3N3O3. The van der Waals surface area contributed by atoms with Crippen molar-refractivity contribution in [2.24, 2.45) is 5.16 Å². The largest absolute Gasteiger partial charge is 0.496 e. The third kappa shape index (κ3) is 5.65. The third-order valence-corrected chi connectivity index (χ3v) is 4.42.